The number of benzene rings is 1. The number of Topliss-reactive ketones (excluding diaryl/α,β-unsaturated/α-hetero) is 2. The molecule has 0 fully saturated rings. The molecule has 1 N–H and O–H groups in total. The minimum absolute atomic E-state index is 0.192. The Labute approximate surface area is 102 Å². The number of carbonyl (C=O) groups is 2. The van der Waals surface area contributed by atoms with E-state index in [1.165, 1.54) is 6.92 Å². The number of hydrogen-bond acceptors (Lipinski definition) is 4. The van der Waals surface area contributed by atoms with E-state index in [1.807, 2.05) is 12.1 Å². The number of rotatable bonds is 4. The maximum absolute atomic E-state index is 11.0. The summed E-state index contributed by atoms with van der Waals surface area (Å²) in [7, 11) is 0. The molecule has 0 unspecified atom stereocenters. The van der Waals surface area contributed by atoms with E-state index in [-0.39, 0.29) is 5.71 Å². The molecule has 1 radical (unpaired) electrons. The third kappa shape index (κ3) is 3.58. The van der Waals surface area contributed by atoms with Gasteiger partial charge in [-0.05, 0) is 24.3 Å². The number of halogens is 1. The Hall–Kier alpha value is -1.49. The number of nitrogens with zero attached hydrogens (tertiary/aromatic N) is 1. The molecule has 0 aliphatic heterocycles. The van der Waals surface area contributed by atoms with Crippen molar-refractivity contribution in [3.63, 3.8) is 0 Å². The monoisotopic (exact) mass is 281 g/mol. The number of hydrogen-bond donors (Lipinski definition) is 1. The van der Waals surface area contributed by atoms with Crippen molar-refractivity contribution in [3.8, 4) is 0 Å². The van der Waals surface area contributed by atoms with Crippen LogP contribution in [0.2, 0.25) is 0 Å². The van der Waals surface area contributed by atoms with Gasteiger partial charge in [0.05, 0.1) is 5.69 Å². The van der Waals surface area contributed by atoms with Crippen LogP contribution in [-0.2, 0) is 9.59 Å². The highest BCUT2D eigenvalue weighted by Gasteiger charge is 2.11. The van der Waals surface area contributed by atoms with E-state index in [9.17, 15) is 9.59 Å². The molecule has 0 saturated carbocycles. The van der Waals surface area contributed by atoms with E-state index in [1.54, 1.807) is 12.1 Å². The molecule has 0 aromatic heterocycles. The highest BCUT2D eigenvalue weighted by Crippen LogP contribution is 2.13. The Bertz CT molecular complexity index is 422. The lowest BCUT2D eigenvalue weighted by molar-refractivity contribution is -0.113. The first-order chi connectivity index (χ1) is 7.50. The molecule has 83 valence electrons. The lowest BCUT2D eigenvalue weighted by Gasteiger charge is -2.02. The number of ketones is 2. The Morgan fingerprint density at radius 1 is 1.31 bits per heavy atom. The molecular weight excluding hydrogens is 272 g/mol. The number of carbonyl (C=O) groups excluding carboxylic acids is 2. The van der Waals surface area contributed by atoms with Crippen molar-refractivity contribution in [1.29, 1.82) is 0 Å². The molecule has 0 aliphatic rings. The molecule has 1 aromatic carbocycles. The van der Waals surface area contributed by atoms with Crippen LogP contribution in [0.5, 0.6) is 0 Å². The third-order valence-electron chi connectivity index (χ3n) is 1.74. The van der Waals surface area contributed by atoms with Gasteiger partial charge < -0.3 is 0 Å². The molecule has 16 heavy (non-hydrogen) atoms. The Balaban J connectivity index is 2.81. The molecule has 5 heteroatoms. The summed E-state index contributed by atoms with van der Waals surface area (Å²) in [5.74, 6) is -1.01. The second-order valence-electron chi connectivity index (χ2n) is 3.06. The van der Waals surface area contributed by atoms with Gasteiger partial charge in [0.25, 0.3) is 0 Å². The zero-order chi connectivity index (χ0) is 12.1. The van der Waals surface area contributed by atoms with Gasteiger partial charge in [-0.2, -0.15) is 5.10 Å². The van der Waals surface area contributed by atoms with E-state index in [0.717, 1.165) is 4.47 Å². The normalized spacial score (nSPS) is 11.1. The van der Waals surface area contributed by atoms with E-state index in [2.05, 4.69) is 33.4 Å². The molecule has 0 spiro atoms. The van der Waals surface area contributed by atoms with E-state index in [4.69, 9.17) is 0 Å². The molecule has 0 amide bonds. The van der Waals surface area contributed by atoms with Crippen LogP contribution in [0.3, 0.4) is 0 Å². The van der Waals surface area contributed by atoms with Crippen LogP contribution >= 0.6 is 15.9 Å². The standard InChI is InChI=1S/C11H10BrN2O2/c1-7(15)11(8(2)16)14-13-10-5-3-9(12)4-6-10/h3-6,13H,1H2,2H3. The fourth-order valence-electron chi connectivity index (χ4n) is 0.982. The zero-order valence-corrected chi connectivity index (χ0v) is 10.2. The maximum Gasteiger partial charge on any atom is 0.187 e. The molecule has 0 atom stereocenters. The minimum Gasteiger partial charge on any atom is -0.293 e. The van der Waals surface area contributed by atoms with Crippen LogP contribution in [0.25, 0.3) is 0 Å². The third-order valence-corrected chi connectivity index (χ3v) is 2.27. The van der Waals surface area contributed by atoms with Crippen LogP contribution in [0.4, 0.5) is 5.69 Å². The highest BCUT2D eigenvalue weighted by atomic mass is 79.9. The van der Waals surface area contributed by atoms with E-state index < -0.39 is 11.6 Å². The number of nitrogens with one attached hydrogen (secondary N) is 1. The first-order valence-corrected chi connectivity index (χ1v) is 5.26. The predicted molar refractivity (Wildman–Crippen MR) is 66.2 cm³/mol. The molecule has 0 bridgehead atoms. The number of anilines is 1. The molecule has 0 aliphatic carbocycles. The van der Waals surface area contributed by atoms with Gasteiger partial charge in [0.15, 0.2) is 17.3 Å². The van der Waals surface area contributed by atoms with Crippen molar-refractivity contribution in [2.45, 2.75) is 6.92 Å². The fourth-order valence-corrected chi connectivity index (χ4v) is 1.25. The minimum atomic E-state index is -0.600. The Morgan fingerprint density at radius 2 is 1.88 bits per heavy atom. The second-order valence-corrected chi connectivity index (χ2v) is 3.97. The maximum atomic E-state index is 11.0. The molecule has 1 aromatic rings. The van der Waals surface area contributed by atoms with Crippen LogP contribution in [0.1, 0.15) is 6.92 Å². The van der Waals surface area contributed by atoms with Gasteiger partial charge in [-0.1, -0.05) is 15.9 Å². The van der Waals surface area contributed by atoms with Gasteiger partial charge in [0.1, 0.15) is 0 Å². The molecule has 0 saturated heterocycles. The molecular formula is C11H10BrN2O2. The summed E-state index contributed by atoms with van der Waals surface area (Å²) >= 11 is 3.29. The Morgan fingerprint density at radius 3 is 2.31 bits per heavy atom. The van der Waals surface area contributed by atoms with Crippen LogP contribution < -0.4 is 5.43 Å². The molecule has 0 heterocycles. The van der Waals surface area contributed by atoms with Gasteiger partial charge in [-0.15, -0.1) is 0 Å². The summed E-state index contributed by atoms with van der Waals surface area (Å²) < 4.78 is 0.932. The largest absolute Gasteiger partial charge is 0.293 e. The number of hydrazone groups is 1. The average Bonchev–Trinajstić information content (AvgIpc) is 2.20. The first kappa shape index (κ1) is 12.6. The van der Waals surface area contributed by atoms with Gasteiger partial charge in [0.2, 0.25) is 0 Å². The molecule has 1 rings (SSSR count). The van der Waals surface area contributed by atoms with Gasteiger partial charge in [-0.3, -0.25) is 15.0 Å². The van der Waals surface area contributed by atoms with E-state index in [0.29, 0.717) is 5.69 Å². The van der Waals surface area contributed by atoms with Crippen molar-refractivity contribution in [1.82, 2.24) is 0 Å². The van der Waals surface area contributed by atoms with Crippen molar-refractivity contribution >= 4 is 38.9 Å². The van der Waals surface area contributed by atoms with E-state index >= 15 is 0 Å². The SMILES string of the molecule is [CH2]C(=O)C(=NNc1ccc(Br)cc1)C(C)=O. The topological polar surface area (TPSA) is 58.5 Å². The quantitative estimate of drug-likeness (QED) is 0.523. The lowest BCUT2D eigenvalue weighted by atomic mass is 10.2. The summed E-state index contributed by atoms with van der Waals surface area (Å²) in [4.78, 5) is 22.0. The van der Waals surface area contributed by atoms with Gasteiger partial charge in [0, 0.05) is 18.3 Å². The summed E-state index contributed by atoms with van der Waals surface area (Å²) in [6, 6.07) is 7.16. The molecule has 4 nitrogen and oxygen atoms in total. The summed E-state index contributed by atoms with van der Waals surface area (Å²) in [6.45, 7) is 4.42. The summed E-state index contributed by atoms with van der Waals surface area (Å²) in [6.07, 6.45) is 0. The average molecular weight is 282 g/mol. The lowest BCUT2D eigenvalue weighted by Crippen LogP contribution is -2.20. The smallest absolute Gasteiger partial charge is 0.187 e. The van der Waals surface area contributed by atoms with Crippen molar-refractivity contribution in [2.24, 2.45) is 5.10 Å². The van der Waals surface area contributed by atoms with Crippen molar-refractivity contribution in [2.75, 3.05) is 5.43 Å². The van der Waals surface area contributed by atoms with Crippen molar-refractivity contribution < 1.29 is 9.59 Å². The highest BCUT2D eigenvalue weighted by molar-refractivity contribution is 9.10. The van der Waals surface area contributed by atoms with Crippen molar-refractivity contribution in [3.05, 3.63) is 35.7 Å². The van der Waals surface area contributed by atoms with Crippen LogP contribution in [0, 0.1) is 6.92 Å². The predicted octanol–water partition coefficient (Wildman–Crippen LogP) is 2.21. The summed E-state index contributed by atoms with van der Waals surface area (Å²) in [5, 5.41) is 3.71. The summed E-state index contributed by atoms with van der Waals surface area (Å²) in [5.41, 5.74) is 3.11. The van der Waals surface area contributed by atoms with Crippen LogP contribution in [0.15, 0.2) is 33.8 Å². The zero-order valence-electron chi connectivity index (χ0n) is 8.66. The first-order valence-electron chi connectivity index (χ1n) is 4.47. The fraction of sp³-hybridized carbons (Fsp3) is 0.0909. The van der Waals surface area contributed by atoms with Gasteiger partial charge in [-0.25, -0.2) is 0 Å². The Kier molecular flexibility index (Phi) is 4.37. The second kappa shape index (κ2) is 5.55. The van der Waals surface area contributed by atoms with Gasteiger partial charge >= 0.3 is 0 Å². The van der Waals surface area contributed by atoms with Crippen LogP contribution in [-0.4, -0.2) is 17.3 Å².